The second-order valence-electron chi connectivity index (χ2n) is 4.35. The molecule has 2 aromatic heterocycles. The molecule has 0 bridgehead atoms. The van der Waals surface area contributed by atoms with Crippen LogP contribution in [0.5, 0.6) is 0 Å². The quantitative estimate of drug-likeness (QED) is 0.864. The summed E-state index contributed by atoms with van der Waals surface area (Å²) in [6.45, 7) is 2.03. The highest BCUT2D eigenvalue weighted by Crippen LogP contribution is 2.23. The van der Waals surface area contributed by atoms with Gasteiger partial charge in [-0.3, -0.25) is 14.2 Å². The average molecular weight is 326 g/mol. The number of halogens is 1. The number of Topliss-reactive ketones (excluding diaryl/α,β-unsaturated/α-hetero) is 1. The molecule has 19 heavy (non-hydrogen) atoms. The number of anilines is 1. The van der Waals surface area contributed by atoms with E-state index in [1.54, 1.807) is 11.7 Å². The number of carbonyl (C=O) groups excluding carboxylic acids is 1. The highest BCUT2D eigenvalue weighted by Gasteiger charge is 2.19. The lowest BCUT2D eigenvalue weighted by Crippen LogP contribution is -2.10. The number of nitrogens with two attached hydrogens (primary N) is 1. The highest BCUT2D eigenvalue weighted by atomic mass is 79.9. The molecular weight excluding hydrogens is 310 g/mol. The van der Waals surface area contributed by atoms with Gasteiger partial charge >= 0.3 is 0 Å². The van der Waals surface area contributed by atoms with Gasteiger partial charge in [-0.25, -0.2) is 0 Å². The third-order valence-corrected chi connectivity index (χ3v) is 4.03. The summed E-state index contributed by atoms with van der Waals surface area (Å²) < 4.78 is 4.12. The molecule has 0 aromatic carbocycles. The van der Waals surface area contributed by atoms with Crippen molar-refractivity contribution in [2.24, 2.45) is 14.1 Å². The second kappa shape index (κ2) is 5.16. The molecule has 2 N–H and O–H groups in total. The van der Waals surface area contributed by atoms with E-state index < -0.39 is 0 Å². The Morgan fingerprint density at radius 2 is 2.11 bits per heavy atom. The van der Waals surface area contributed by atoms with Gasteiger partial charge in [-0.05, 0) is 22.4 Å². The standard InChI is InChI=1S/C12H16BrN5O/c1-4-8-11(13)9(17(2)16-8)5-10(19)7-6-15-18(3)12(7)14/h6H,4-5,14H2,1-3H3. The van der Waals surface area contributed by atoms with Crippen LogP contribution in [0.25, 0.3) is 0 Å². The third kappa shape index (κ3) is 2.42. The van der Waals surface area contributed by atoms with E-state index >= 15 is 0 Å². The molecule has 2 aromatic rings. The van der Waals surface area contributed by atoms with Gasteiger partial charge in [-0.2, -0.15) is 10.2 Å². The van der Waals surface area contributed by atoms with Crippen molar-refractivity contribution in [3.8, 4) is 0 Å². The Labute approximate surface area is 119 Å². The van der Waals surface area contributed by atoms with Crippen LogP contribution in [0.15, 0.2) is 10.7 Å². The fourth-order valence-corrected chi connectivity index (χ4v) is 2.68. The maximum absolute atomic E-state index is 12.3. The number of rotatable bonds is 4. The van der Waals surface area contributed by atoms with Crippen molar-refractivity contribution in [2.45, 2.75) is 19.8 Å². The Bertz CT molecular complexity index is 628. The lowest BCUT2D eigenvalue weighted by molar-refractivity contribution is 0.0991. The minimum absolute atomic E-state index is 0.0584. The molecule has 0 amide bonds. The van der Waals surface area contributed by atoms with Crippen LogP contribution in [-0.4, -0.2) is 25.3 Å². The van der Waals surface area contributed by atoms with Gasteiger partial charge in [0.2, 0.25) is 0 Å². The molecule has 102 valence electrons. The molecule has 0 atom stereocenters. The number of aryl methyl sites for hydroxylation is 3. The third-order valence-electron chi connectivity index (χ3n) is 3.12. The molecule has 6 nitrogen and oxygen atoms in total. The summed E-state index contributed by atoms with van der Waals surface area (Å²) in [7, 11) is 3.54. The lowest BCUT2D eigenvalue weighted by Gasteiger charge is -2.02. The minimum atomic E-state index is -0.0584. The van der Waals surface area contributed by atoms with Gasteiger partial charge in [0.25, 0.3) is 0 Å². The first-order chi connectivity index (χ1) is 8.95. The van der Waals surface area contributed by atoms with E-state index in [0.29, 0.717) is 11.4 Å². The Morgan fingerprint density at radius 3 is 2.58 bits per heavy atom. The van der Waals surface area contributed by atoms with Crippen LogP contribution in [0.2, 0.25) is 0 Å². The SMILES string of the molecule is CCc1nn(C)c(CC(=O)c2cnn(C)c2N)c1Br. The number of aromatic nitrogens is 4. The van der Waals surface area contributed by atoms with Crippen molar-refractivity contribution >= 4 is 27.5 Å². The largest absolute Gasteiger partial charge is 0.383 e. The molecule has 2 heterocycles. The Morgan fingerprint density at radius 1 is 1.42 bits per heavy atom. The summed E-state index contributed by atoms with van der Waals surface area (Å²) in [5.41, 5.74) is 8.06. The van der Waals surface area contributed by atoms with Crippen molar-refractivity contribution in [1.82, 2.24) is 19.6 Å². The van der Waals surface area contributed by atoms with Crippen LogP contribution in [0.4, 0.5) is 5.82 Å². The predicted molar refractivity (Wildman–Crippen MR) is 75.9 cm³/mol. The Balaban J connectivity index is 2.29. The van der Waals surface area contributed by atoms with Crippen molar-refractivity contribution < 1.29 is 4.79 Å². The Hall–Kier alpha value is -1.63. The molecule has 7 heteroatoms. The van der Waals surface area contributed by atoms with Gasteiger partial charge in [0.05, 0.1) is 34.0 Å². The van der Waals surface area contributed by atoms with Crippen LogP contribution >= 0.6 is 15.9 Å². The fraction of sp³-hybridized carbons (Fsp3) is 0.417. The van der Waals surface area contributed by atoms with Crippen molar-refractivity contribution in [1.29, 1.82) is 0 Å². The van der Waals surface area contributed by atoms with Crippen LogP contribution in [0.1, 0.15) is 28.7 Å². The fourth-order valence-electron chi connectivity index (χ4n) is 1.92. The summed E-state index contributed by atoms with van der Waals surface area (Å²) in [5, 5.41) is 8.35. The first kappa shape index (κ1) is 13.8. The second-order valence-corrected chi connectivity index (χ2v) is 5.14. The number of nitrogens with zero attached hydrogens (tertiary/aromatic N) is 4. The number of ketones is 1. The van der Waals surface area contributed by atoms with Gasteiger partial charge in [0.1, 0.15) is 5.82 Å². The van der Waals surface area contributed by atoms with Crippen LogP contribution in [0.3, 0.4) is 0 Å². The van der Waals surface area contributed by atoms with Gasteiger partial charge < -0.3 is 5.73 Å². The van der Waals surface area contributed by atoms with Gasteiger partial charge in [0.15, 0.2) is 5.78 Å². The zero-order valence-electron chi connectivity index (χ0n) is 11.1. The predicted octanol–water partition coefficient (Wildman–Crippen LogP) is 1.49. The molecule has 0 radical (unpaired) electrons. The summed E-state index contributed by atoms with van der Waals surface area (Å²) in [6.07, 6.45) is 2.57. The molecule has 2 rings (SSSR count). The van der Waals surface area contributed by atoms with Crippen LogP contribution < -0.4 is 5.73 Å². The molecule has 0 aliphatic carbocycles. The minimum Gasteiger partial charge on any atom is -0.383 e. The molecular formula is C12H16BrN5O. The van der Waals surface area contributed by atoms with E-state index in [1.807, 2.05) is 14.0 Å². The van der Waals surface area contributed by atoms with E-state index in [9.17, 15) is 4.79 Å². The molecule has 0 unspecified atom stereocenters. The van der Waals surface area contributed by atoms with Gasteiger partial charge in [-0.1, -0.05) is 6.92 Å². The maximum atomic E-state index is 12.3. The molecule has 0 fully saturated rings. The van der Waals surface area contributed by atoms with E-state index in [0.717, 1.165) is 22.3 Å². The summed E-state index contributed by atoms with van der Waals surface area (Å²) in [4.78, 5) is 12.3. The first-order valence-corrected chi connectivity index (χ1v) is 6.75. The molecule has 0 saturated carbocycles. The molecule has 0 aliphatic rings. The van der Waals surface area contributed by atoms with Gasteiger partial charge in [0, 0.05) is 14.1 Å². The monoisotopic (exact) mass is 325 g/mol. The van der Waals surface area contributed by atoms with Crippen molar-refractivity contribution in [3.63, 3.8) is 0 Å². The molecule has 0 saturated heterocycles. The van der Waals surface area contributed by atoms with E-state index in [1.165, 1.54) is 10.9 Å². The van der Waals surface area contributed by atoms with Crippen molar-refractivity contribution in [3.05, 3.63) is 27.6 Å². The van der Waals surface area contributed by atoms with E-state index in [2.05, 4.69) is 26.1 Å². The zero-order chi connectivity index (χ0) is 14.2. The lowest BCUT2D eigenvalue weighted by atomic mass is 10.1. The normalized spacial score (nSPS) is 10.9. The Kier molecular flexibility index (Phi) is 3.75. The van der Waals surface area contributed by atoms with Crippen molar-refractivity contribution in [2.75, 3.05) is 5.73 Å². The van der Waals surface area contributed by atoms with E-state index in [-0.39, 0.29) is 12.2 Å². The average Bonchev–Trinajstić information content (AvgIpc) is 2.84. The zero-order valence-corrected chi connectivity index (χ0v) is 12.7. The number of hydrogen-bond acceptors (Lipinski definition) is 4. The maximum Gasteiger partial charge on any atom is 0.174 e. The van der Waals surface area contributed by atoms with Gasteiger partial charge in [-0.15, -0.1) is 0 Å². The van der Waals surface area contributed by atoms with Crippen LogP contribution in [0, 0.1) is 0 Å². The number of nitrogen functional groups attached to an aromatic ring is 1. The topological polar surface area (TPSA) is 78.7 Å². The van der Waals surface area contributed by atoms with E-state index in [4.69, 9.17) is 5.73 Å². The number of carbonyl (C=O) groups is 1. The summed E-state index contributed by atoms with van der Waals surface area (Å²) >= 11 is 3.50. The summed E-state index contributed by atoms with van der Waals surface area (Å²) in [6, 6.07) is 0. The number of hydrogen-bond donors (Lipinski definition) is 1. The molecule has 0 spiro atoms. The first-order valence-electron chi connectivity index (χ1n) is 5.96. The highest BCUT2D eigenvalue weighted by molar-refractivity contribution is 9.10. The summed E-state index contributed by atoms with van der Waals surface area (Å²) in [5.74, 6) is 0.330. The smallest absolute Gasteiger partial charge is 0.174 e. The molecule has 0 aliphatic heterocycles. The van der Waals surface area contributed by atoms with Crippen LogP contribution in [-0.2, 0) is 26.9 Å².